The van der Waals surface area contributed by atoms with Crippen molar-refractivity contribution in [3.8, 4) is 5.75 Å². The molecule has 1 aliphatic heterocycles. The molecule has 1 heterocycles. The van der Waals surface area contributed by atoms with Gasteiger partial charge in [0.1, 0.15) is 5.75 Å². The highest BCUT2D eigenvalue weighted by atomic mass is 16.5. The monoisotopic (exact) mass is 271 g/mol. The minimum Gasteiger partial charge on any atom is -0.497 e. The Morgan fingerprint density at radius 1 is 1.20 bits per heavy atom. The lowest BCUT2D eigenvalue weighted by Gasteiger charge is -2.41. The molecule has 20 heavy (non-hydrogen) atoms. The molecule has 0 saturated carbocycles. The summed E-state index contributed by atoms with van der Waals surface area (Å²) >= 11 is 0. The van der Waals surface area contributed by atoms with Gasteiger partial charge in [-0.15, -0.1) is 0 Å². The van der Waals surface area contributed by atoms with Gasteiger partial charge in [-0.2, -0.15) is 0 Å². The smallest absolute Gasteiger partial charge is 0.118 e. The number of methoxy groups -OCH3 is 1. The van der Waals surface area contributed by atoms with Crippen molar-refractivity contribution >= 4 is 0 Å². The Morgan fingerprint density at radius 3 is 2.75 bits per heavy atom. The fourth-order valence-corrected chi connectivity index (χ4v) is 3.71. The van der Waals surface area contributed by atoms with Crippen LogP contribution in [-0.4, -0.2) is 31.6 Å². The average molecular weight is 271 g/mol. The van der Waals surface area contributed by atoms with Gasteiger partial charge in [0, 0.05) is 6.04 Å². The normalized spacial score (nSPS) is 26.8. The summed E-state index contributed by atoms with van der Waals surface area (Å²) < 4.78 is 5.24. The number of hydrogen-bond acceptors (Lipinski definition) is 2. The van der Waals surface area contributed by atoms with Gasteiger partial charge in [-0.05, 0) is 69.3 Å². The van der Waals surface area contributed by atoms with Crippen molar-refractivity contribution in [1.29, 1.82) is 0 Å². The molecule has 2 heteroatoms. The van der Waals surface area contributed by atoms with E-state index in [9.17, 15) is 0 Å². The Labute approximate surface area is 122 Å². The van der Waals surface area contributed by atoms with E-state index in [0.29, 0.717) is 6.04 Å². The van der Waals surface area contributed by atoms with Crippen LogP contribution in [0.1, 0.15) is 31.2 Å². The first kappa shape index (κ1) is 13.7. The summed E-state index contributed by atoms with van der Waals surface area (Å²) in [4.78, 5) is 2.54. The molecule has 108 valence electrons. The summed E-state index contributed by atoms with van der Waals surface area (Å²) in [6.45, 7) is 1.24. The fourth-order valence-electron chi connectivity index (χ4n) is 3.71. The lowest BCUT2D eigenvalue weighted by atomic mass is 9.77. The van der Waals surface area contributed by atoms with Crippen molar-refractivity contribution < 1.29 is 4.74 Å². The predicted octanol–water partition coefficient (Wildman–Crippen LogP) is 3.67. The second-order valence-corrected chi connectivity index (χ2v) is 6.17. The van der Waals surface area contributed by atoms with Gasteiger partial charge in [-0.3, -0.25) is 4.90 Å². The molecular formula is C18H25NO. The largest absolute Gasteiger partial charge is 0.497 e. The van der Waals surface area contributed by atoms with E-state index in [4.69, 9.17) is 4.74 Å². The topological polar surface area (TPSA) is 12.5 Å². The highest BCUT2D eigenvalue weighted by Gasteiger charge is 2.31. The molecule has 2 aliphatic rings. The van der Waals surface area contributed by atoms with E-state index < -0.39 is 0 Å². The highest BCUT2D eigenvalue weighted by Crippen LogP contribution is 2.36. The maximum absolute atomic E-state index is 5.24. The Bertz CT molecular complexity index is 477. The molecule has 0 spiro atoms. The maximum Gasteiger partial charge on any atom is 0.118 e. The van der Waals surface area contributed by atoms with Gasteiger partial charge < -0.3 is 4.74 Å². The van der Waals surface area contributed by atoms with Crippen molar-refractivity contribution in [3.63, 3.8) is 0 Å². The molecule has 0 radical (unpaired) electrons. The first-order valence-electron chi connectivity index (χ1n) is 7.81. The zero-order valence-corrected chi connectivity index (χ0v) is 12.6. The summed E-state index contributed by atoms with van der Waals surface area (Å²) in [5, 5.41) is 0. The van der Waals surface area contributed by atoms with Crippen molar-refractivity contribution in [3.05, 3.63) is 41.5 Å². The summed E-state index contributed by atoms with van der Waals surface area (Å²) in [5.74, 6) is 1.80. The van der Waals surface area contributed by atoms with E-state index in [-0.39, 0.29) is 0 Å². The Balaban J connectivity index is 1.77. The summed E-state index contributed by atoms with van der Waals surface area (Å²) in [7, 11) is 4.00. The number of ether oxygens (including phenoxy) is 1. The number of likely N-dealkylation sites (N-methyl/N-ethyl adjacent to an activating group) is 1. The number of piperidine rings is 1. The van der Waals surface area contributed by atoms with Gasteiger partial charge in [0.2, 0.25) is 0 Å². The molecule has 1 aromatic rings. The quantitative estimate of drug-likeness (QED) is 0.778. The number of benzene rings is 1. The summed E-state index contributed by atoms with van der Waals surface area (Å²) in [6, 6.07) is 9.16. The Hall–Kier alpha value is -1.28. The zero-order chi connectivity index (χ0) is 13.9. The van der Waals surface area contributed by atoms with E-state index in [1.807, 2.05) is 0 Å². The standard InChI is InChI=1S/C18H25NO/c1-19-12-11-15-5-3-4-6-17(15)18(19)13-14-7-9-16(20-2)10-8-14/h6-10,15,18H,3-5,11-13H2,1-2H3. The molecule has 0 aromatic heterocycles. The Kier molecular flexibility index (Phi) is 4.11. The van der Waals surface area contributed by atoms with Gasteiger partial charge in [0.05, 0.1) is 7.11 Å². The lowest BCUT2D eigenvalue weighted by Crippen LogP contribution is -2.43. The van der Waals surface area contributed by atoms with E-state index in [1.54, 1.807) is 12.7 Å². The second kappa shape index (κ2) is 6.01. The molecule has 1 saturated heterocycles. The van der Waals surface area contributed by atoms with Crippen molar-refractivity contribution in [2.24, 2.45) is 5.92 Å². The summed E-state index contributed by atoms with van der Waals surface area (Å²) in [5.41, 5.74) is 3.12. The minimum absolute atomic E-state index is 0.599. The molecule has 0 amide bonds. The third-order valence-electron chi connectivity index (χ3n) is 4.94. The van der Waals surface area contributed by atoms with E-state index in [2.05, 4.69) is 42.3 Å². The van der Waals surface area contributed by atoms with E-state index in [0.717, 1.165) is 18.1 Å². The number of fused-ring (bicyclic) bond motifs is 1. The molecule has 3 rings (SSSR count). The summed E-state index contributed by atoms with van der Waals surface area (Å²) in [6.07, 6.45) is 9.06. The second-order valence-electron chi connectivity index (χ2n) is 6.17. The van der Waals surface area contributed by atoms with Crippen molar-refractivity contribution in [1.82, 2.24) is 4.90 Å². The lowest BCUT2D eigenvalue weighted by molar-refractivity contribution is 0.190. The molecule has 2 nitrogen and oxygen atoms in total. The van der Waals surface area contributed by atoms with Gasteiger partial charge in [-0.25, -0.2) is 0 Å². The predicted molar refractivity (Wildman–Crippen MR) is 83.2 cm³/mol. The molecule has 1 aliphatic carbocycles. The van der Waals surface area contributed by atoms with Crippen LogP contribution in [0.3, 0.4) is 0 Å². The molecule has 2 atom stereocenters. The zero-order valence-electron chi connectivity index (χ0n) is 12.6. The number of hydrogen-bond donors (Lipinski definition) is 0. The van der Waals surface area contributed by atoms with Crippen LogP contribution in [0.25, 0.3) is 0 Å². The van der Waals surface area contributed by atoms with Crippen molar-refractivity contribution in [2.45, 2.75) is 38.1 Å². The van der Waals surface area contributed by atoms with E-state index >= 15 is 0 Å². The third-order valence-corrected chi connectivity index (χ3v) is 4.94. The number of nitrogens with zero attached hydrogens (tertiary/aromatic N) is 1. The minimum atomic E-state index is 0.599. The number of allylic oxidation sites excluding steroid dienone is 1. The molecule has 1 fully saturated rings. The van der Waals surface area contributed by atoms with Crippen LogP contribution < -0.4 is 4.74 Å². The van der Waals surface area contributed by atoms with Crippen LogP contribution in [0, 0.1) is 5.92 Å². The fraction of sp³-hybridized carbons (Fsp3) is 0.556. The van der Waals surface area contributed by atoms with Gasteiger partial charge >= 0.3 is 0 Å². The molecule has 0 bridgehead atoms. The molecule has 0 N–H and O–H groups in total. The molecule has 2 unspecified atom stereocenters. The first-order valence-corrected chi connectivity index (χ1v) is 7.81. The highest BCUT2D eigenvalue weighted by molar-refractivity contribution is 5.30. The van der Waals surface area contributed by atoms with Crippen LogP contribution in [0.15, 0.2) is 35.9 Å². The SMILES string of the molecule is COc1ccc(CC2C3=CCCCC3CCN2C)cc1. The van der Waals surface area contributed by atoms with E-state index in [1.165, 1.54) is 37.8 Å². The van der Waals surface area contributed by atoms with Crippen molar-refractivity contribution in [2.75, 3.05) is 20.7 Å². The third kappa shape index (κ3) is 2.76. The van der Waals surface area contributed by atoms with Gasteiger partial charge in [0.15, 0.2) is 0 Å². The van der Waals surface area contributed by atoms with Crippen LogP contribution >= 0.6 is 0 Å². The Morgan fingerprint density at radius 2 is 2.00 bits per heavy atom. The number of rotatable bonds is 3. The molecule has 1 aromatic carbocycles. The van der Waals surface area contributed by atoms with Crippen LogP contribution in [0.5, 0.6) is 5.75 Å². The first-order chi connectivity index (χ1) is 9.78. The van der Waals surface area contributed by atoms with Gasteiger partial charge in [-0.1, -0.05) is 23.8 Å². The number of likely N-dealkylation sites (tertiary alicyclic amines) is 1. The van der Waals surface area contributed by atoms with Crippen LogP contribution in [0.2, 0.25) is 0 Å². The van der Waals surface area contributed by atoms with Crippen LogP contribution in [-0.2, 0) is 6.42 Å². The van der Waals surface area contributed by atoms with Crippen LogP contribution in [0.4, 0.5) is 0 Å². The maximum atomic E-state index is 5.24. The van der Waals surface area contributed by atoms with Gasteiger partial charge in [0.25, 0.3) is 0 Å². The molecular weight excluding hydrogens is 246 g/mol. The average Bonchev–Trinajstić information content (AvgIpc) is 2.51.